The zero-order chi connectivity index (χ0) is 39.8. The second-order valence-corrected chi connectivity index (χ2v) is 20.3. The van der Waals surface area contributed by atoms with Crippen LogP contribution in [0.25, 0.3) is 0 Å². The molecule has 2 aliphatic carbocycles. The highest BCUT2D eigenvalue weighted by molar-refractivity contribution is 7.90. The van der Waals surface area contributed by atoms with Gasteiger partial charge in [0.15, 0.2) is 0 Å². The molecule has 0 unspecified atom stereocenters. The lowest BCUT2D eigenvalue weighted by molar-refractivity contribution is -0.116. The van der Waals surface area contributed by atoms with Crippen molar-refractivity contribution in [2.45, 2.75) is 100 Å². The van der Waals surface area contributed by atoms with Crippen LogP contribution in [0.1, 0.15) is 93.1 Å². The Morgan fingerprint density at radius 3 is 2.72 bits per heavy atom. The van der Waals surface area contributed by atoms with Gasteiger partial charge in [0.05, 0.1) is 17.5 Å². The molecule has 0 aromatic heterocycles. The average molecular weight is 824 g/mol. The molecule has 8 rings (SSSR count). The van der Waals surface area contributed by atoms with Crippen LogP contribution in [0.3, 0.4) is 0 Å². The predicted molar refractivity (Wildman–Crippen MR) is 226 cm³/mol. The molecule has 312 valence electrons. The van der Waals surface area contributed by atoms with Crippen LogP contribution >= 0.6 is 11.6 Å². The third-order valence-corrected chi connectivity index (χ3v) is 16.6. The Labute approximate surface area is 345 Å². The second kappa shape index (κ2) is 17.1. The zero-order valence-corrected chi connectivity index (χ0v) is 35.8. The summed E-state index contributed by atoms with van der Waals surface area (Å²) in [5.41, 5.74) is 2.91. The Bertz CT molecular complexity index is 1910. The van der Waals surface area contributed by atoms with Gasteiger partial charge in [-0.1, -0.05) is 43.2 Å². The molecule has 1 spiro atoms. The third kappa shape index (κ3) is 8.40. The van der Waals surface area contributed by atoms with E-state index in [0.717, 1.165) is 87.8 Å². The molecule has 1 amide bonds. The Kier molecular flexibility index (Phi) is 12.3. The number of carbonyl (C=O) groups is 1. The number of hydrogen-bond donors (Lipinski definition) is 1. The van der Waals surface area contributed by atoms with Gasteiger partial charge in [0.1, 0.15) is 11.4 Å². The van der Waals surface area contributed by atoms with Crippen LogP contribution in [0.4, 0.5) is 5.69 Å². The van der Waals surface area contributed by atoms with Gasteiger partial charge in [-0.15, -0.1) is 0 Å². The number of amides is 1. The lowest BCUT2D eigenvalue weighted by Gasteiger charge is -2.53. The van der Waals surface area contributed by atoms with Gasteiger partial charge >= 0.3 is 0 Å². The third-order valence-electron chi connectivity index (χ3n) is 14.4. The Morgan fingerprint density at radius 2 is 1.91 bits per heavy atom. The highest BCUT2D eigenvalue weighted by Gasteiger charge is 2.50. The summed E-state index contributed by atoms with van der Waals surface area (Å²) < 4.78 is 50.0. The molecule has 57 heavy (non-hydrogen) atoms. The molecule has 1 N–H and O–H groups in total. The second-order valence-electron chi connectivity index (χ2n) is 18.0. The number of benzene rings is 2. The van der Waals surface area contributed by atoms with E-state index in [1.807, 2.05) is 25.1 Å². The maximum atomic E-state index is 14.1. The van der Waals surface area contributed by atoms with E-state index in [4.69, 9.17) is 25.8 Å². The number of anilines is 1. The maximum Gasteiger partial charge on any atom is 0.264 e. The van der Waals surface area contributed by atoms with E-state index >= 15 is 0 Å². The fourth-order valence-electron chi connectivity index (χ4n) is 11.3. The van der Waals surface area contributed by atoms with E-state index in [2.05, 4.69) is 50.6 Å². The van der Waals surface area contributed by atoms with Gasteiger partial charge < -0.3 is 19.1 Å². The molecule has 10 nitrogen and oxygen atoms in total. The minimum atomic E-state index is -4.07. The number of fused-ring (bicyclic) bond motifs is 5. The minimum Gasteiger partial charge on any atom is -0.490 e. The summed E-state index contributed by atoms with van der Waals surface area (Å²) in [4.78, 5) is 21.8. The average Bonchev–Trinajstić information content (AvgIpc) is 3.32. The summed E-state index contributed by atoms with van der Waals surface area (Å²) in [6.07, 6.45) is 14.3. The van der Waals surface area contributed by atoms with E-state index in [1.54, 1.807) is 13.2 Å². The van der Waals surface area contributed by atoms with Crippen molar-refractivity contribution in [1.29, 1.82) is 0 Å². The molecule has 7 atom stereocenters. The number of nitrogens with zero attached hydrogens (tertiary/aromatic N) is 3. The Morgan fingerprint density at radius 1 is 1.04 bits per heavy atom. The maximum absolute atomic E-state index is 14.1. The van der Waals surface area contributed by atoms with Gasteiger partial charge in [-0.05, 0) is 130 Å². The molecule has 2 aromatic rings. The number of rotatable bonds is 7. The number of nitrogens with one attached hydrogen (secondary N) is 1. The largest absolute Gasteiger partial charge is 0.490 e. The molecule has 1 saturated carbocycles. The van der Waals surface area contributed by atoms with Crippen LogP contribution in [-0.2, 0) is 31.3 Å². The highest BCUT2D eigenvalue weighted by atomic mass is 35.5. The molecule has 2 saturated heterocycles. The first-order valence-corrected chi connectivity index (χ1v) is 23.6. The Balaban J connectivity index is 1.21. The van der Waals surface area contributed by atoms with E-state index in [1.165, 1.54) is 36.9 Å². The van der Waals surface area contributed by atoms with Crippen LogP contribution in [0.15, 0.2) is 48.6 Å². The van der Waals surface area contributed by atoms with Gasteiger partial charge in [0.2, 0.25) is 10.0 Å². The fraction of sp³-hybridized carbons (Fsp3) is 0.667. The van der Waals surface area contributed by atoms with E-state index < -0.39 is 26.8 Å². The predicted octanol–water partition coefficient (Wildman–Crippen LogP) is 6.85. The van der Waals surface area contributed by atoms with Crippen LogP contribution in [0.2, 0.25) is 5.02 Å². The number of aryl methyl sites for hydroxylation is 1. The number of ether oxygens (including phenoxy) is 3. The quantitative estimate of drug-likeness (QED) is 0.301. The smallest absolute Gasteiger partial charge is 0.264 e. The van der Waals surface area contributed by atoms with Crippen molar-refractivity contribution in [2.75, 3.05) is 77.6 Å². The fourth-order valence-corrected chi connectivity index (χ4v) is 13.2. The van der Waals surface area contributed by atoms with Crippen LogP contribution < -0.4 is 14.4 Å². The number of carbonyl (C=O) groups excluding carboxylic acids is 1. The number of piperidine rings is 1. The highest BCUT2D eigenvalue weighted by Crippen LogP contribution is 2.49. The number of methoxy groups -OCH3 is 1. The Hall–Kier alpha value is -2.67. The molecular weight excluding hydrogens is 760 g/mol. The summed E-state index contributed by atoms with van der Waals surface area (Å²) >= 11 is 6.54. The molecule has 2 aromatic carbocycles. The van der Waals surface area contributed by atoms with E-state index in [0.29, 0.717) is 37.2 Å². The number of piperazine rings is 1. The van der Waals surface area contributed by atoms with Crippen LogP contribution in [-0.4, -0.2) is 114 Å². The summed E-state index contributed by atoms with van der Waals surface area (Å²) in [7, 11) is -2.48. The zero-order valence-electron chi connectivity index (χ0n) is 34.2. The summed E-state index contributed by atoms with van der Waals surface area (Å²) in [6, 6.07) is 12.3. The summed E-state index contributed by atoms with van der Waals surface area (Å²) in [5, 5.41) is -0.0719. The van der Waals surface area contributed by atoms with Crippen molar-refractivity contribution >= 4 is 33.2 Å². The van der Waals surface area contributed by atoms with E-state index in [9.17, 15) is 13.2 Å². The summed E-state index contributed by atoms with van der Waals surface area (Å²) in [6.45, 7) is 12.2. The number of allylic oxidation sites excluding steroid dienone is 1. The minimum absolute atomic E-state index is 0.266. The topological polar surface area (TPSA) is 101 Å². The van der Waals surface area contributed by atoms with Gasteiger partial charge in [-0.3, -0.25) is 14.6 Å². The van der Waals surface area contributed by atoms with Gasteiger partial charge in [0.25, 0.3) is 5.91 Å². The van der Waals surface area contributed by atoms with Gasteiger partial charge in [-0.25, -0.2) is 13.1 Å². The number of hydrogen-bond acceptors (Lipinski definition) is 9. The van der Waals surface area contributed by atoms with Gasteiger partial charge in [-0.2, -0.15) is 0 Å². The SMILES string of the molecule is CCO[C@]1(CN2CCN3CCCC[C@@H]3C2)/C=C\C[C@H](C)[C@@H](CCOC)S(=O)(=O)NC(=O)c2ccc3c(c2)N(C[C@@H]2CC[C@H]21)C[C@@]1(CCCc2cc(Cl)ccc21)CO3. The first-order valence-electron chi connectivity index (χ1n) is 21.7. The summed E-state index contributed by atoms with van der Waals surface area (Å²) in [5.74, 6) is 0.434. The molecule has 4 heterocycles. The van der Waals surface area contributed by atoms with Crippen molar-refractivity contribution in [3.05, 3.63) is 70.3 Å². The molecule has 0 radical (unpaired) electrons. The molecular formula is C45H63ClN4O6S. The van der Waals surface area contributed by atoms with Crippen molar-refractivity contribution in [3.63, 3.8) is 0 Å². The van der Waals surface area contributed by atoms with Crippen molar-refractivity contribution in [1.82, 2.24) is 14.5 Å². The number of sulfonamides is 1. The molecule has 3 fully saturated rings. The van der Waals surface area contributed by atoms with Crippen LogP contribution in [0.5, 0.6) is 5.75 Å². The lowest BCUT2D eigenvalue weighted by atomic mass is 9.63. The van der Waals surface area contributed by atoms with Crippen molar-refractivity contribution in [3.8, 4) is 5.75 Å². The van der Waals surface area contributed by atoms with Crippen molar-refractivity contribution in [2.24, 2.45) is 17.8 Å². The van der Waals surface area contributed by atoms with Crippen molar-refractivity contribution < 1.29 is 27.4 Å². The molecule has 2 bridgehead atoms. The first-order chi connectivity index (χ1) is 27.5. The normalized spacial score (nSPS) is 33.8. The van der Waals surface area contributed by atoms with E-state index in [-0.39, 0.29) is 30.3 Å². The van der Waals surface area contributed by atoms with Crippen LogP contribution in [0, 0.1) is 17.8 Å². The first kappa shape index (κ1) is 41.1. The number of halogens is 1. The van der Waals surface area contributed by atoms with Gasteiger partial charge in [0, 0.05) is 81.6 Å². The molecule has 4 aliphatic heterocycles. The monoisotopic (exact) mass is 822 g/mol. The standard InChI is InChI=1S/C45H63ClN4O6S/c1-4-56-45(30-48-22-23-49-21-6-5-11-37(49)28-48)20-7-9-32(2)42(18-24-54-3)57(52,53)47-43(51)34-13-17-41-40(26-34)50(27-35-12-15-39(35)45)29-44(31-55-41)19-8-10-33-25-36(46)14-16-38(33)44/h7,13-14,16-17,20,25-26,32,35,37,39,42H,4-6,8-12,15,18-19,21-24,27-31H2,1-3H3,(H,47,51)/b20-7-/t32-,35-,37+,39+,42+,44-,45-/m0/s1. The molecule has 12 heteroatoms. The lowest BCUT2D eigenvalue weighted by Crippen LogP contribution is -2.61. The molecule has 6 aliphatic rings.